The Balaban J connectivity index is 1.11. The molecular weight excluding hydrogens is 294 g/mol. The van der Waals surface area contributed by atoms with Gasteiger partial charge in [-0.05, 0) is 45.4 Å². The molecule has 5 nitrogen and oxygen atoms in total. The third kappa shape index (κ3) is 4.89. The maximum absolute atomic E-state index is 5.91. The van der Waals surface area contributed by atoms with Gasteiger partial charge >= 0.3 is 0 Å². The largest absolute Gasteiger partial charge is 0.381 e. The molecule has 1 aliphatic heterocycles. The van der Waals surface area contributed by atoms with Gasteiger partial charge in [0.25, 0.3) is 0 Å². The summed E-state index contributed by atoms with van der Waals surface area (Å²) in [5, 5.41) is 0. The first kappa shape index (κ1) is 17.6. The molecule has 3 rings (SSSR count). The highest BCUT2D eigenvalue weighted by atomic mass is 16.5. The summed E-state index contributed by atoms with van der Waals surface area (Å²) in [4.78, 5) is 2.43. The van der Waals surface area contributed by atoms with Crippen molar-refractivity contribution in [1.82, 2.24) is 4.90 Å². The van der Waals surface area contributed by atoms with Crippen LogP contribution in [0.5, 0.6) is 0 Å². The number of hydrogen-bond acceptors (Lipinski definition) is 5. The van der Waals surface area contributed by atoms with Crippen LogP contribution in [0.25, 0.3) is 0 Å². The Labute approximate surface area is 140 Å². The number of likely N-dealkylation sites (tertiary alicyclic amines) is 1. The molecule has 2 saturated carbocycles. The molecule has 3 fully saturated rings. The Kier molecular flexibility index (Phi) is 6.32. The van der Waals surface area contributed by atoms with Gasteiger partial charge in [0, 0.05) is 32.8 Å². The summed E-state index contributed by atoms with van der Waals surface area (Å²) in [7, 11) is 1.78. The van der Waals surface area contributed by atoms with E-state index in [2.05, 4.69) is 18.7 Å². The first-order valence-corrected chi connectivity index (χ1v) is 9.25. The number of methoxy groups -OCH3 is 1. The zero-order valence-electron chi connectivity index (χ0n) is 14.9. The van der Waals surface area contributed by atoms with Crippen molar-refractivity contribution in [3.8, 4) is 0 Å². The van der Waals surface area contributed by atoms with Crippen molar-refractivity contribution in [2.75, 3.05) is 40.0 Å². The molecule has 0 aromatic rings. The first-order chi connectivity index (χ1) is 11.1. The fourth-order valence-corrected chi connectivity index (χ4v) is 3.49. The Bertz CT molecular complexity index is 347. The molecule has 0 N–H and O–H groups in total. The van der Waals surface area contributed by atoms with Crippen LogP contribution in [0, 0.1) is 5.92 Å². The van der Waals surface area contributed by atoms with E-state index in [1.165, 1.54) is 0 Å². The van der Waals surface area contributed by atoms with Crippen LogP contribution in [0.4, 0.5) is 0 Å². The minimum absolute atomic E-state index is 0.418. The van der Waals surface area contributed by atoms with Crippen LogP contribution in [0.2, 0.25) is 0 Å². The third-order valence-electron chi connectivity index (χ3n) is 5.54. The molecule has 5 heteroatoms. The molecule has 134 valence electrons. The second-order valence-electron chi connectivity index (χ2n) is 7.66. The van der Waals surface area contributed by atoms with E-state index in [0.29, 0.717) is 36.4 Å². The zero-order chi connectivity index (χ0) is 16.2. The van der Waals surface area contributed by atoms with E-state index < -0.39 is 0 Å². The summed E-state index contributed by atoms with van der Waals surface area (Å²) in [6.07, 6.45) is 6.12. The number of nitrogens with zero attached hydrogens (tertiary/aromatic N) is 1. The predicted octanol–water partition coefficient (Wildman–Crippen LogP) is 2.08. The normalized spacial score (nSPS) is 35.0. The van der Waals surface area contributed by atoms with Crippen molar-refractivity contribution < 1.29 is 18.9 Å². The zero-order valence-corrected chi connectivity index (χ0v) is 14.9. The van der Waals surface area contributed by atoms with Gasteiger partial charge in [-0.2, -0.15) is 0 Å². The summed E-state index contributed by atoms with van der Waals surface area (Å²) >= 11 is 0. The molecule has 0 bridgehead atoms. The molecule has 0 aromatic carbocycles. The maximum Gasteiger partial charge on any atom is 0.0830 e. The van der Waals surface area contributed by atoms with Gasteiger partial charge in [-0.3, -0.25) is 4.90 Å². The van der Waals surface area contributed by atoms with E-state index in [4.69, 9.17) is 18.9 Å². The topological polar surface area (TPSA) is 40.2 Å². The summed E-state index contributed by atoms with van der Waals surface area (Å²) in [6, 6.07) is 0.639. The van der Waals surface area contributed by atoms with Crippen molar-refractivity contribution in [2.24, 2.45) is 5.92 Å². The second-order valence-corrected chi connectivity index (χ2v) is 7.66. The summed E-state index contributed by atoms with van der Waals surface area (Å²) in [6.45, 7) is 8.97. The molecule has 0 amide bonds. The van der Waals surface area contributed by atoms with Gasteiger partial charge in [0.2, 0.25) is 0 Å². The van der Waals surface area contributed by atoms with Crippen LogP contribution >= 0.6 is 0 Å². The lowest BCUT2D eigenvalue weighted by atomic mass is 9.82. The molecule has 1 heterocycles. The summed E-state index contributed by atoms with van der Waals surface area (Å²) < 4.78 is 22.9. The molecule has 0 aromatic heterocycles. The van der Waals surface area contributed by atoms with Gasteiger partial charge in [0.05, 0.1) is 37.6 Å². The Morgan fingerprint density at radius 3 is 2.04 bits per heavy atom. The van der Waals surface area contributed by atoms with Crippen LogP contribution < -0.4 is 0 Å². The fourth-order valence-electron chi connectivity index (χ4n) is 3.49. The van der Waals surface area contributed by atoms with Gasteiger partial charge < -0.3 is 18.9 Å². The molecular formula is C18H33NO4. The molecule has 0 radical (unpaired) electrons. The van der Waals surface area contributed by atoms with E-state index in [0.717, 1.165) is 58.6 Å². The van der Waals surface area contributed by atoms with Gasteiger partial charge in [0.1, 0.15) is 0 Å². The van der Waals surface area contributed by atoms with E-state index in [-0.39, 0.29) is 0 Å². The Morgan fingerprint density at radius 2 is 1.43 bits per heavy atom. The lowest BCUT2D eigenvalue weighted by Crippen LogP contribution is -2.55. The number of ether oxygens (including phenoxy) is 4. The molecule has 23 heavy (non-hydrogen) atoms. The molecule has 0 spiro atoms. The van der Waals surface area contributed by atoms with E-state index >= 15 is 0 Å². The van der Waals surface area contributed by atoms with Crippen LogP contribution in [-0.4, -0.2) is 75.4 Å². The molecule has 0 unspecified atom stereocenters. The van der Waals surface area contributed by atoms with Crippen molar-refractivity contribution in [3.05, 3.63) is 0 Å². The van der Waals surface area contributed by atoms with E-state index in [1.54, 1.807) is 7.11 Å². The minimum Gasteiger partial charge on any atom is -0.381 e. The third-order valence-corrected chi connectivity index (χ3v) is 5.54. The highest BCUT2D eigenvalue weighted by molar-refractivity contribution is 4.84. The van der Waals surface area contributed by atoms with E-state index in [1.807, 2.05) is 0 Å². The number of hydrogen-bond donors (Lipinski definition) is 0. The number of rotatable bonds is 10. The maximum atomic E-state index is 5.91. The Hall–Kier alpha value is -0.200. The molecule has 1 saturated heterocycles. The molecule has 0 atom stereocenters. The lowest BCUT2D eigenvalue weighted by Gasteiger charge is -2.42. The van der Waals surface area contributed by atoms with Crippen molar-refractivity contribution in [2.45, 2.75) is 70.0 Å². The smallest absolute Gasteiger partial charge is 0.0830 e. The average Bonchev–Trinajstić information content (AvgIpc) is 2.38. The monoisotopic (exact) mass is 327 g/mol. The van der Waals surface area contributed by atoms with Gasteiger partial charge in [-0.1, -0.05) is 0 Å². The summed E-state index contributed by atoms with van der Waals surface area (Å²) in [5.41, 5.74) is 0. The first-order valence-electron chi connectivity index (χ1n) is 9.25. The fraction of sp³-hybridized carbons (Fsp3) is 1.00. The quantitative estimate of drug-likeness (QED) is 0.575. The highest BCUT2D eigenvalue weighted by Gasteiger charge is 2.34. The van der Waals surface area contributed by atoms with Crippen molar-refractivity contribution in [3.63, 3.8) is 0 Å². The van der Waals surface area contributed by atoms with Crippen LogP contribution in [-0.2, 0) is 18.9 Å². The summed E-state index contributed by atoms with van der Waals surface area (Å²) in [5.74, 6) is 0.689. The SMILES string of the molecule is COC1CC(OCC2CC(OCCOC3CN(C(C)C)C3)C2)C1. The van der Waals surface area contributed by atoms with Gasteiger partial charge in [-0.25, -0.2) is 0 Å². The van der Waals surface area contributed by atoms with Crippen molar-refractivity contribution in [1.29, 1.82) is 0 Å². The molecule has 2 aliphatic carbocycles. The van der Waals surface area contributed by atoms with E-state index in [9.17, 15) is 0 Å². The Morgan fingerprint density at radius 1 is 0.826 bits per heavy atom. The van der Waals surface area contributed by atoms with Crippen LogP contribution in [0.1, 0.15) is 39.5 Å². The van der Waals surface area contributed by atoms with Gasteiger partial charge in [-0.15, -0.1) is 0 Å². The van der Waals surface area contributed by atoms with Gasteiger partial charge in [0.15, 0.2) is 0 Å². The standard InChI is InChI=1S/C18H33NO4/c1-13(2)19-10-18(11-19)22-5-4-21-16-6-14(7-16)12-23-17-8-15(9-17)20-3/h13-18H,4-12H2,1-3H3. The predicted molar refractivity (Wildman–Crippen MR) is 88.7 cm³/mol. The van der Waals surface area contributed by atoms with Crippen LogP contribution in [0.15, 0.2) is 0 Å². The molecule has 3 aliphatic rings. The second kappa shape index (κ2) is 8.26. The minimum atomic E-state index is 0.418. The average molecular weight is 327 g/mol. The lowest BCUT2D eigenvalue weighted by molar-refractivity contribution is -0.127. The van der Waals surface area contributed by atoms with Crippen LogP contribution in [0.3, 0.4) is 0 Å². The highest BCUT2D eigenvalue weighted by Crippen LogP contribution is 2.33. The van der Waals surface area contributed by atoms with Crippen molar-refractivity contribution >= 4 is 0 Å².